The van der Waals surface area contributed by atoms with E-state index >= 15 is 0 Å². The van der Waals surface area contributed by atoms with Crippen molar-refractivity contribution < 1.29 is 14.6 Å². The van der Waals surface area contributed by atoms with Gasteiger partial charge in [-0.05, 0) is 18.4 Å². The van der Waals surface area contributed by atoms with Crippen molar-refractivity contribution in [2.75, 3.05) is 20.3 Å². The van der Waals surface area contributed by atoms with Crippen LogP contribution in [-0.4, -0.2) is 31.3 Å². The highest BCUT2D eigenvalue weighted by molar-refractivity contribution is 5.76. The SMILES string of the molecule is COCCCCC(=O)N[C@H](CO)c1ccccc1. The van der Waals surface area contributed by atoms with Crippen LogP contribution < -0.4 is 5.32 Å². The fourth-order valence-electron chi connectivity index (χ4n) is 1.72. The van der Waals surface area contributed by atoms with Crippen LogP contribution in [0, 0.1) is 0 Å². The van der Waals surface area contributed by atoms with Gasteiger partial charge in [0.15, 0.2) is 0 Å². The van der Waals surface area contributed by atoms with Gasteiger partial charge in [-0.15, -0.1) is 0 Å². The number of aliphatic hydroxyl groups is 1. The Hall–Kier alpha value is -1.39. The monoisotopic (exact) mass is 251 g/mol. The maximum Gasteiger partial charge on any atom is 0.220 e. The van der Waals surface area contributed by atoms with Crippen LogP contribution in [0.4, 0.5) is 0 Å². The molecule has 1 aromatic rings. The summed E-state index contributed by atoms with van der Waals surface area (Å²) < 4.78 is 4.92. The van der Waals surface area contributed by atoms with Crippen LogP contribution >= 0.6 is 0 Å². The number of benzene rings is 1. The van der Waals surface area contributed by atoms with Crippen molar-refractivity contribution >= 4 is 5.91 Å². The van der Waals surface area contributed by atoms with Crippen LogP contribution in [0.25, 0.3) is 0 Å². The minimum absolute atomic E-state index is 0.0333. The zero-order valence-corrected chi connectivity index (χ0v) is 10.8. The summed E-state index contributed by atoms with van der Waals surface area (Å²) in [4.78, 5) is 11.7. The number of hydrogen-bond donors (Lipinski definition) is 2. The summed E-state index contributed by atoms with van der Waals surface area (Å²) in [7, 11) is 1.65. The standard InChI is InChI=1S/C14H21NO3/c1-18-10-6-5-9-14(17)15-13(11-16)12-7-3-2-4-8-12/h2-4,7-8,13,16H,5-6,9-11H2,1H3,(H,15,17)/t13-/m1/s1. The highest BCUT2D eigenvalue weighted by Crippen LogP contribution is 2.12. The van der Waals surface area contributed by atoms with E-state index in [9.17, 15) is 9.90 Å². The lowest BCUT2D eigenvalue weighted by molar-refractivity contribution is -0.122. The zero-order chi connectivity index (χ0) is 13.2. The number of nitrogens with one attached hydrogen (secondary N) is 1. The fourth-order valence-corrected chi connectivity index (χ4v) is 1.72. The molecule has 0 aliphatic rings. The highest BCUT2D eigenvalue weighted by atomic mass is 16.5. The highest BCUT2D eigenvalue weighted by Gasteiger charge is 2.12. The van der Waals surface area contributed by atoms with Crippen molar-refractivity contribution in [1.29, 1.82) is 0 Å². The van der Waals surface area contributed by atoms with Gasteiger partial charge in [0, 0.05) is 20.1 Å². The van der Waals surface area contributed by atoms with Crippen LogP contribution in [0.2, 0.25) is 0 Å². The molecular weight excluding hydrogens is 230 g/mol. The molecular formula is C14H21NO3. The first-order chi connectivity index (χ1) is 8.77. The topological polar surface area (TPSA) is 58.6 Å². The van der Waals surface area contributed by atoms with Crippen LogP contribution in [0.5, 0.6) is 0 Å². The van der Waals surface area contributed by atoms with E-state index in [0.717, 1.165) is 18.4 Å². The number of ether oxygens (including phenoxy) is 1. The second kappa shape index (κ2) is 8.66. The summed E-state index contributed by atoms with van der Waals surface area (Å²) in [5.41, 5.74) is 0.922. The van der Waals surface area contributed by atoms with Crippen LogP contribution in [0.3, 0.4) is 0 Å². The molecule has 0 aliphatic carbocycles. The van der Waals surface area contributed by atoms with Gasteiger partial charge < -0.3 is 15.2 Å². The molecule has 0 aliphatic heterocycles. The van der Waals surface area contributed by atoms with E-state index in [-0.39, 0.29) is 18.6 Å². The van der Waals surface area contributed by atoms with Gasteiger partial charge in [0.2, 0.25) is 5.91 Å². The molecule has 0 radical (unpaired) electrons. The van der Waals surface area contributed by atoms with E-state index in [2.05, 4.69) is 5.32 Å². The number of carbonyl (C=O) groups excluding carboxylic acids is 1. The Bertz CT molecular complexity index is 340. The second-order valence-electron chi connectivity index (χ2n) is 4.16. The Morgan fingerprint density at radius 1 is 1.33 bits per heavy atom. The molecule has 4 heteroatoms. The normalized spacial score (nSPS) is 12.1. The van der Waals surface area contributed by atoms with Crippen molar-refractivity contribution in [3.63, 3.8) is 0 Å². The van der Waals surface area contributed by atoms with Crippen molar-refractivity contribution in [3.05, 3.63) is 35.9 Å². The summed E-state index contributed by atoms with van der Waals surface area (Å²) in [5, 5.41) is 12.1. The van der Waals surface area contributed by atoms with Gasteiger partial charge in [0.25, 0.3) is 0 Å². The molecule has 0 saturated heterocycles. The molecule has 1 rings (SSSR count). The molecule has 100 valence electrons. The van der Waals surface area contributed by atoms with Gasteiger partial charge in [0.1, 0.15) is 0 Å². The van der Waals surface area contributed by atoms with E-state index in [4.69, 9.17) is 4.74 Å². The third kappa shape index (κ3) is 5.29. The Morgan fingerprint density at radius 3 is 2.67 bits per heavy atom. The second-order valence-corrected chi connectivity index (χ2v) is 4.16. The lowest BCUT2D eigenvalue weighted by Crippen LogP contribution is -2.30. The van der Waals surface area contributed by atoms with Gasteiger partial charge in [-0.1, -0.05) is 30.3 Å². The number of aliphatic hydroxyl groups excluding tert-OH is 1. The Labute approximate surface area is 108 Å². The van der Waals surface area contributed by atoms with Crippen LogP contribution in [0.1, 0.15) is 30.9 Å². The Kier molecular flexibility index (Phi) is 7.06. The molecule has 0 unspecified atom stereocenters. The van der Waals surface area contributed by atoms with E-state index < -0.39 is 0 Å². The van der Waals surface area contributed by atoms with Crippen molar-refractivity contribution in [1.82, 2.24) is 5.32 Å². The van der Waals surface area contributed by atoms with Crippen LogP contribution in [-0.2, 0) is 9.53 Å². The summed E-state index contributed by atoms with van der Waals surface area (Å²) in [6.07, 6.45) is 2.14. The predicted octanol–water partition coefficient (Wildman–Crippen LogP) is 1.65. The molecule has 0 spiro atoms. The third-order valence-corrected chi connectivity index (χ3v) is 2.72. The average Bonchev–Trinajstić information content (AvgIpc) is 2.42. The maximum atomic E-state index is 11.7. The van der Waals surface area contributed by atoms with Crippen molar-refractivity contribution in [3.8, 4) is 0 Å². The lowest BCUT2D eigenvalue weighted by atomic mass is 10.1. The quantitative estimate of drug-likeness (QED) is 0.691. The number of amides is 1. The minimum Gasteiger partial charge on any atom is -0.394 e. The van der Waals surface area contributed by atoms with Crippen molar-refractivity contribution in [2.24, 2.45) is 0 Å². The van der Waals surface area contributed by atoms with E-state index in [1.54, 1.807) is 7.11 Å². The molecule has 1 atom stereocenters. The summed E-state index contributed by atoms with van der Waals surface area (Å²) in [6.45, 7) is 0.587. The first-order valence-electron chi connectivity index (χ1n) is 6.22. The van der Waals surface area contributed by atoms with Crippen molar-refractivity contribution in [2.45, 2.75) is 25.3 Å². The summed E-state index contributed by atoms with van der Waals surface area (Å²) in [6, 6.07) is 9.16. The molecule has 18 heavy (non-hydrogen) atoms. The van der Waals surface area contributed by atoms with E-state index in [1.165, 1.54) is 0 Å². The summed E-state index contributed by atoms with van der Waals surface area (Å²) in [5.74, 6) is -0.0333. The Morgan fingerprint density at radius 2 is 2.06 bits per heavy atom. The predicted molar refractivity (Wildman–Crippen MR) is 70.1 cm³/mol. The van der Waals surface area contributed by atoms with E-state index in [1.807, 2.05) is 30.3 Å². The molecule has 0 fully saturated rings. The number of methoxy groups -OCH3 is 1. The van der Waals surface area contributed by atoms with Gasteiger partial charge in [-0.2, -0.15) is 0 Å². The molecule has 0 bridgehead atoms. The number of carbonyl (C=O) groups is 1. The number of rotatable bonds is 8. The smallest absolute Gasteiger partial charge is 0.220 e. The van der Waals surface area contributed by atoms with E-state index in [0.29, 0.717) is 13.0 Å². The molecule has 2 N–H and O–H groups in total. The van der Waals surface area contributed by atoms with Crippen LogP contribution in [0.15, 0.2) is 30.3 Å². The molecule has 1 aromatic carbocycles. The minimum atomic E-state index is -0.318. The number of hydrogen-bond acceptors (Lipinski definition) is 3. The summed E-state index contributed by atoms with van der Waals surface area (Å²) >= 11 is 0. The number of unbranched alkanes of at least 4 members (excludes halogenated alkanes) is 1. The third-order valence-electron chi connectivity index (χ3n) is 2.72. The molecule has 4 nitrogen and oxygen atoms in total. The largest absolute Gasteiger partial charge is 0.394 e. The lowest BCUT2D eigenvalue weighted by Gasteiger charge is -2.16. The molecule has 0 saturated carbocycles. The first-order valence-corrected chi connectivity index (χ1v) is 6.22. The maximum absolute atomic E-state index is 11.7. The molecule has 1 amide bonds. The van der Waals surface area contributed by atoms with Gasteiger partial charge >= 0.3 is 0 Å². The zero-order valence-electron chi connectivity index (χ0n) is 10.8. The van der Waals surface area contributed by atoms with Gasteiger partial charge in [0.05, 0.1) is 12.6 Å². The average molecular weight is 251 g/mol. The van der Waals surface area contributed by atoms with Gasteiger partial charge in [-0.25, -0.2) is 0 Å². The Balaban J connectivity index is 2.37. The molecule has 0 aromatic heterocycles. The van der Waals surface area contributed by atoms with Gasteiger partial charge in [-0.3, -0.25) is 4.79 Å². The molecule has 0 heterocycles. The first kappa shape index (κ1) is 14.7. The fraction of sp³-hybridized carbons (Fsp3) is 0.500.